The Morgan fingerprint density at radius 1 is 1.20 bits per heavy atom. The Hall–Kier alpha value is -2.81. The summed E-state index contributed by atoms with van der Waals surface area (Å²) >= 11 is 0. The summed E-state index contributed by atoms with van der Waals surface area (Å²) < 4.78 is 5.50. The van der Waals surface area contributed by atoms with Gasteiger partial charge in [0.1, 0.15) is 23.2 Å². The Morgan fingerprint density at radius 3 is 2.50 bits per heavy atom. The molecule has 0 radical (unpaired) electrons. The highest BCUT2D eigenvalue weighted by Crippen LogP contribution is 2.26. The van der Waals surface area contributed by atoms with Gasteiger partial charge in [-0.25, -0.2) is 4.98 Å². The number of rotatable bonds is 4. The van der Waals surface area contributed by atoms with Crippen molar-refractivity contribution >= 4 is 11.8 Å². The molecule has 0 amide bonds. The molecule has 2 aromatic rings. The first-order chi connectivity index (χ1) is 9.65. The average Bonchev–Trinajstić information content (AvgIpc) is 2.45. The van der Waals surface area contributed by atoms with Crippen molar-refractivity contribution in [3.05, 3.63) is 29.8 Å². The molecule has 6 heteroatoms. The highest BCUT2D eigenvalue weighted by molar-refractivity contribution is 5.73. The normalized spacial score (nSPS) is 10.0. The van der Waals surface area contributed by atoms with Gasteiger partial charge in [0.2, 0.25) is 5.95 Å². The molecule has 0 saturated carbocycles. The lowest BCUT2D eigenvalue weighted by atomic mass is 10.1. The van der Waals surface area contributed by atoms with E-state index in [9.17, 15) is 0 Å². The molecule has 0 spiro atoms. The van der Waals surface area contributed by atoms with E-state index >= 15 is 0 Å². The lowest BCUT2D eigenvalue weighted by Crippen LogP contribution is -2.05. The van der Waals surface area contributed by atoms with Gasteiger partial charge in [-0.15, -0.1) is 0 Å². The summed E-state index contributed by atoms with van der Waals surface area (Å²) in [6, 6.07) is 9.27. The van der Waals surface area contributed by atoms with Crippen LogP contribution in [0.25, 0.3) is 11.3 Å². The zero-order valence-electron chi connectivity index (χ0n) is 11.1. The van der Waals surface area contributed by atoms with E-state index in [-0.39, 0.29) is 17.3 Å². The molecule has 0 aliphatic heterocycles. The van der Waals surface area contributed by atoms with Gasteiger partial charge in [-0.2, -0.15) is 10.2 Å². The number of nitrogens with two attached hydrogens (primary N) is 2. The van der Waals surface area contributed by atoms with Crippen molar-refractivity contribution < 1.29 is 4.74 Å². The summed E-state index contributed by atoms with van der Waals surface area (Å²) in [5.74, 6) is 0.897. The molecule has 0 atom stereocenters. The Balaban J connectivity index is 2.39. The SMILES string of the molecule is CCCOc1ccc(-c2nc(N)nc(N)c2C#N)cc1. The van der Waals surface area contributed by atoms with Gasteiger partial charge in [0.05, 0.1) is 12.3 Å². The zero-order valence-corrected chi connectivity index (χ0v) is 11.1. The molecule has 20 heavy (non-hydrogen) atoms. The van der Waals surface area contributed by atoms with Crippen LogP contribution in [0.2, 0.25) is 0 Å². The van der Waals surface area contributed by atoms with E-state index in [1.165, 1.54) is 0 Å². The van der Waals surface area contributed by atoms with E-state index in [0.29, 0.717) is 12.3 Å². The number of anilines is 2. The molecule has 1 aromatic heterocycles. The number of ether oxygens (including phenoxy) is 1. The van der Waals surface area contributed by atoms with E-state index in [0.717, 1.165) is 17.7 Å². The molecule has 0 aliphatic rings. The molecule has 0 fully saturated rings. The van der Waals surface area contributed by atoms with Gasteiger partial charge in [0, 0.05) is 5.56 Å². The first-order valence-corrected chi connectivity index (χ1v) is 6.22. The topological polar surface area (TPSA) is 111 Å². The lowest BCUT2D eigenvalue weighted by Gasteiger charge is -2.08. The van der Waals surface area contributed by atoms with Gasteiger partial charge >= 0.3 is 0 Å². The number of benzene rings is 1. The molecular weight excluding hydrogens is 254 g/mol. The van der Waals surface area contributed by atoms with Gasteiger partial charge in [0.15, 0.2) is 0 Å². The summed E-state index contributed by atoms with van der Waals surface area (Å²) in [7, 11) is 0. The number of nitriles is 1. The van der Waals surface area contributed by atoms with E-state index < -0.39 is 0 Å². The van der Waals surface area contributed by atoms with Crippen LogP contribution in [0.1, 0.15) is 18.9 Å². The predicted molar refractivity (Wildman–Crippen MR) is 76.8 cm³/mol. The maximum Gasteiger partial charge on any atom is 0.222 e. The van der Waals surface area contributed by atoms with Gasteiger partial charge < -0.3 is 16.2 Å². The fourth-order valence-corrected chi connectivity index (χ4v) is 1.74. The van der Waals surface area contributed by atoms with E-state index in [1.807, 2.05) is 37.3 Å². The molecule has 1 aromatic carbocycles. The third-order valence-electron chi connectivity index (χ3n) is 2.67. The number of hydrogen-bond acceptors (Lipinski definition) is 6. The molecule has 1 heterocycles. The smallest absolute Gasteiger partial charge is 0.222 e. The molecule has 0 bridgehead atoms. The van der Waals surface area contributed by atoms with Crippen LogP contribution in [0.5, 0.6) is 5.75 Å². The van der Waals surface area contributed by atoms with Crippen LogP contribution in [0.15, 0.2) is 24.3 Å². The van der Waals surface area contributed by atoms with Gasteiger partial charge in [0.25, 0.3) is 0 Å². The fraction of sp³-hybridized carbons (Fsp3) is 0.214. The van der Waals surface area contributed by atoms with Crippen LogP contribution in [0.3, 0.4) is 0 Å². The molecule has 6 nitrogen and oxygen atoms in total. The second kappa shape index (κ2) is 5.89. The van der Waals surface area contributed by atoms with Crippen LogP contribution in [0, 0.1) is 11.3 Å². The number of nitrogens with zero attached hydrogens (tertiary/aromatic N) is 3. The number of nitrogen functional groups attached to an aromatic ring is 2. The van der Waals surface area contributed by atoms with Crippen LogP contribution in [-0.4, -0.2) is 16.6 Å². The van der Waals surface area contributed by atoms with Gasteiger partial charge in [-0.05, 0) is 30.7 Å². The summed E-state index contributed by atoms with van der Waals surface area (Å²) in [5, 5.41) is 9.15. The summed E-state index contributed by atoms with van der Waals surface area (Å²) in [5.41, 5.74) is 12.7. The highest BCUT2D eigenvalue weighted by atomic mass is 16.5. The quantitative estimate of drug-likeness (QED) is 0.877. The Kier molecular flexibility index (Phi) is 4.01. The fourth-order valence-electron chi connectivity index (χ4n) is 1.74. The summed E-state index contributed by atoms with van der Waals surface area (Å²) in [6.45, 7) is 2.70. The molecule has 2 rings (SSSR count). The Labute approximate surface area is 117 Å². The van der Waals surface area contributed by atoms with Crippen molar-refractivity contribution in [2.75, 3.05) is 18.1 Å². The minimum absolute atomic E-state index is 0.0443. The van der Waals surface area contributed by atoms with Crippen LogP contribution in [0.4, 0.5) is 11.8 Å². The molecular formula is C14H15N5O. The van der Waals surface area contributed by atoms with Crippen molar-refractivity contribution in [1.82, 2.24) is 9.97 Å². The van der Waals surface area contributed by atoms with Crippen molar-refractivity contribution in [2.24, 2.45) is 0 Å². The highest BCUT2D eigenvalue weighted by Gasteiger charge is 2.13. The number of hydrogen-bond donors (Lipinski definition) is 2. The third-order valence-corrected chi connectivity index (χ3v) is 2.67. The van der Waals surface area contributed by atoms with E-state index in [2.05, 4.69) is 9.97 Å². The molecule has 102 valence electrons. The van der Waals surface area contributed by atoms with Crippen LogP contribution >= 0.6 is 0 Å². The first-order valence-electron chi connectivity index (χ1n) is 6.22. The minimum atomic E-state index is 0.0443. The van der Waals surface area contributed by atoms with Crippen LogP contribution in [-0.2, 0) is 0 Å². The molecule has 0 unspecified atom stereocenters. The van der Waals surface area contributed by atoms with Crippen LogP contribution < -0.4 is 16.2 Å². The molecule has 4 N–H and O–H groups in total. The average molecular weight is 269 g/mol. The standard InChI is InChI=1S/C14H15N5O/c1-2-7-20-10-5-3-9(4-6-10)12-11(8-15)13(16)19-14(17)18-12/h3-6H,2,7H2,1H3,(H4,16,17,18,19). The predicted octanol–water partition coefficient (Wildman–Crippen LogP) is 1.97. The van der Waals surface area contributed by atoms with Crippen molar-refractivity contribution in [3.8, 4) is 23.1 Å². The number of aromatic nitrogens is 2. The summed E-state index contributed by atoms with van der Waals surface area (Å²) in [4.78, 5) is 7.88. The molecule has 0 aliphatic carbocycles. The monoisotopic (exact) mass is 269 g/mol. The second-order valence-electron chi connectivity index (χ2n) is 4.18. The zero-order chi connectivity index (χ0) is 14.5. The molecule has 0 saturated heterocycles. The Bertz CT molecular complexity index is 646. The summed E-state index contributed by atoms with van der Waals surface area (Å²) in [6.07, 6.45) is 0.944. The minimum Gasteiger partial charge on any atom is -0.494 e. The van der Waals surface area contributed by atoms with Crippen molar-refractivity contribution in [2.45, 2.75) is 13.3 Å². The third kappa shape index (κ3) is 2.78. The first kappa shape index (κ1) is 13.6. The van der Waals surface area contributed by atoms with E-state index in [1.54, 1.807) is 0 Å². The largest absolute Gasteiger partial charge is 0.494 e. The second-order valence-corrected chi connectivity index (χ2v) is 4.18. The van der Waals surface area contributed by atoms with Gasteiger partial charge in [-0.1, -0.05) is 6.92 Å². The maximum atomic E-state index is 9.15. The van der Waals surface area contributed by atoms with Gasteiger partial charge in [-0.3, -0.25) is 0 Å². The van der Waals surface area contributed by atoms with E-state index in [4.69, 9.17) is 21.5 Å². The Morgan fingerprint density at radius 2 is 1.90 bits per heavy atom. The maximum absolute atomic E-state index is 9.15. The van der Waals surface area contributed by atoms with Crippen molar-refractivity contribution in [1.29, 1.82) is 5.26 Å². The lowest BCUT2D eigenvalue weighted by molar-refractivity contribution is 0.317. The van der Waals surface area contributed by atoms with Crippen molar-refractivity contribution in [3.63, 3.8) is 0 Å².